The van der Waals surface area contributed by atoms with Crippen LogP contribution in [0.15, 0.2) is 48.5 Å². The van der Waals surface area contributed by atoms with Gasteiger partial charge in [-0.25, -0.2) is 0 Å². The van der Waals surface area contributed by atoms with Gasteiger partial charge in [0.2, 0.25) is 0 Å². The Labute approximate surface area is 131 Å². The van der Waals surface area contributed by atoms with Crippen molar-refractivity contribution in [3.05, 3.63) is 65.4 Å². The molecule has 22 heavy (non-hydrogen) atoms. The van der Waals surface area contributed by atoms with Crippen LogP contribution in [0.5, 0.6) is 5.75 Å². The number of rotatable bonds is 3. The number of benzene rings is 2. The van der Waals surface area contributed by atoms with Crippen molar-refractivity contribution in [2.75, 3.05) is 0 Å². The average molecular weight is 291 g/mol. The van der Waals surface area contributed by atoms with E-state index in [0.717, 1.165) is 12.2 Å². The molecule has 0 bridgehead atoms. The summed E-state index contributed by atoms with van der Waals surface area (Å²) in [7, 11) is 2.11. The Morgan fingerprint density at radius 3 is 2.77 bits per heavy atom. The average Bonchev–Trinajstić information content (AvgIpc) is 2.89. The number of hydrogen-bond acceptors (Lipinski definition) is 1. The molecule has 0 saturated heterocycles. The van der Waals surface area contributed by atoms with Gasteiger partial charge in [0.25, 0.3) is 0 Å². The van der Waals surface area contributed by atoms with Crippen molar-refractivity contribution in [1.82, 2.24) is 4.57 Å². The number of fused-ring (bicyclic) bond motifs is 2. The van der Waals surface area contributed by atoms with E-state index in [1.54, 1.807) is 0 Å². The van der Waals surface area contributed by atoms with Crippen molar-refractivity contribution < 1.29 is 4.74 Å². The molecule has 0 amide bonds. The van der Waals surface area contributed by atoms with Crippen LogP contribution in [0.2, 0.25) is 0 Å². The van der Waals surface area contributed by atoms with Crippen LogP contribution in [0.3, 0.4) is 0 Å². The summed E-state index contributed by atoms with van der Waals surface area (Å²) in [5, 5.41) is 1.28. The number of nitrogens with zero attached hydrogens (tertiary/aromatic N) is 1. The van der Waals surface area contributed by atoms with Crippen LogP contribution in [0, 0.1) is 0 Å². The van der Waals surface area contributed by atoms with Gasteiger partial charge in [-0.1, -0.05) is 30.3 Å². The first kappa shape index (κ1) is 13.4. The maximum absolute atomic E-state index is 6.18. The molecular weight excluding hydrogens is 270 g/mol. The highest BCUT2D eigenvalue weighted by Gasteiger charge is 2.14. The fraction of sp³-hybridized carbons (Fsp3) is 0.300. The molecule has 1 aliphatic carbocycles. The van der Waals surface area contributed by atoms with Gasteiger partial charge in [-0.2, -0.15) is 0 Å². The minimum Gasteiger partial charge on any atom is -0.487 e. The first-order valence-corrected chi connectivity index (χ1v) is 8.10. The summed E-state index contributed by atoms with van der Waals surface area (Å²) in [6, 6.07) is 17.2. The van der Waals surface area contributed by atoms with E-state index in [4.69, 9.17) is 4.74 Å². The van der Waals surface area contributed by atoms with E-state index in [9.17, 15) is 0 Å². The molecule has 0 aliphatic heterocycles. The summed E-state index contributed by atoms with van der Waals surface area (Å²) in [6.45, 7) is 0.627. The fourth-order valence-corrected chi connectivity index (χ4v) is 3.52. The van der Waals surface area contributed by atoms with Gasteiger partial charge in [0, 0.05) is 12.6 Å². The van der Waals surface area contributed by atoms with Crippen molar-refractivity contribution in [3.8, 4) is 5.75 Å². The van der Waals surface area contributed by atoms with E-state index in [1.165, 1.54) is 47.0 Å². The second kappa shape index (κ2) is 5.53. The predicted molar refractivity (Wildman–Crippen MR) is 90.3 cm³/mol. The number of aryl methyl sites for hydroxylation is 2. The standard InChI is InChI=1S/C20H21NO/c1-21-17(13-16-8-3-5-11-19(16)21)14-22-20-12-6-9-15-7-2-4-10-18(15)20/h3,5-6,8-9,11-13H,2,4,7,10,14H2,1H3. The van der Waals surface area contributed by atoms with Crippen molar-refractivity contribution in [3.63, 3.8) is 0 Å². The molecule has 0 N–H and O–H groups in total. The number of hydrogen-bond donors (Lipinski definition) is 0. The fourth-order valence-electron chi connectivity index (χ4n) is 3.52. The molecular formula is C20H21NO. The summed E-state index contributed by atoms with van der Waals surface area (Å²) in [5.74, 6) is 1.07. The first-order chi connectivity index (χ1) is 10.8. The van der Waals surface area contributed by atoms with Gasteiger partial charge < -0.3 is 9.30 Å². The van der Waals surface area contributed by atoms with Gasteiger partial charge in [-0.05, 0) is 60.4 Å². The Balaban J connectivity index is 1.61. The molecule has 0 fully saturated rings. The molecule has 4 rings (SSSR count). The van der Waals surface area contributed by atoms with E-state index in [2.05, 4.69) is 60.1 Å². The Morgan fingerprint density at radius 1 is 1.00 bits per heavy atom. The van der Waals surface area contributed by atoms with Crippen LogP contribution in [-0.4, -0.2) is 4.57 Å². The van der Waals surface area contributed by atoms with Gasteiger partial charge in [-0.3, -0.25) is 0 Å². The van der Waals surface area contributed by atoms with Gasteiger partial charge in [0.1, 0.15) is 12.4 Å². The summed E-state index contributed by atoms with van der Waals surface area (Å²) >= 11 is 0. The van der Waals surface area contributed by atoms with Gasteiger partial charge in [-0.15, -0.1) is 0 Å². The van der Waals surface area contributed by atoms with Gasteiger partial charge in [0.05, 0.1) is 5.69 Å². The van der Waals surface area contributed by atoms with Gasteiger partial charge >= 0.3 is 0 Å². The van der Waals surface area contributed by atoms with E-state index < -0.39 is 0 Å². The molecule has 1 heterocycles. The smallest absolute Gasteiger partial charge is 0.128 e. The molecule has 2 aromatic carbocycles. The van der Waals surface area contributed by atoms with E-state index in [-0.39, 0.29) is 0 Å². The van der Waals surface area contributed by atoms with Crippen LogP contribution >= 0.6 is 0 Å². The minimum absolute atomic E-state index is 0.627. The maximum Gasteiger partial charge on any atom is 0.128 e. The topological polar surface area (TPSA) is 14.2 Å². The third-order valence-corrected chi connectivity index (χ3v) is 4.78. The second-order valence-corrected chi connectivity index (χ2v) is 6.14. The van der Waals surface area contributed by atoms with Crippen LogP contribution < -0.4 is 4.74 Å². The summed E-state index contributed by atoms with van der Waals surface area (Å²) in [4.78, 5) is 0. The SMILES string of the molecule is Cn1c(COc2cccc3c2CCCC3)cc2ccccc21. The molecule has 3 aromatic rings. The lowest BCUT2D eigenvalue weighted by molar-refractivity contribution is 0.293. The normalized spacial score (nSPS) is 14.0. The van der Waals surface area contributed by atoms with Crippen molar-refractivity contribution in [2.24, 2.45) is 7.05 Å². The lowest BCUT2D eigenvalue weighted by Crippen LogP contribution is -2.07. The molecule has 1 aliphatic rings. The Bertz CT molecular complexity index is 816. The quantitative estimate of drug-likeness (QED) is 0.686. The van der Waals surface area contributed by atoms with Gasteiger partial charge in [0.15, 0.2) is 0 Å². The van der Waals surface area contributed by atoms with Crippen molar-refractivity contribution in [2.45, 2.75) is 32.3 Å². The highest BCUT2D eigenvalue weighted by atomic mass is 16.5. The summed E-state index contributed by atoms with van der Waals surface area (Å²) in [5.41, 5.74) is 5.37. The van der Waals surface area contributed by atoms with E-state index in [0.29, 0.717) is 6.61 Å². The second-order valence-electron chi connectivity index (χ2n) is 6.14. The van der Waals surface area contributed by atoms with E-state index >= 15 is 0 Å². The zero-order valence-electron chi connectivity index (χ0n) is 13.0. The van der Waals surface area contributed by atoms with Crippen molar-refractivity contribution in [1.29, 1.82) is 0 Å². The molecule has 2 nitrogen and oxygen atoms in total. The largest absolute Gasteiger partial charge is 0.487 e. The summed E-state index contributed by atoms with van der Waals surface area (Å²) < 4.78 is 8.41. The first-order valence-electron chi connectivity index (χ1n) is 8.10. The molecule has 0 saturated carbocycles. The number of para-hydroxylation sites is 1. The predicted octanol–water partition coefficient (Wildman–Crippen LogP) is 4.64. The Kier molecular flexibility index (Phi) is 3.38. The molecule has 0 spiro atoms. The third-order valence-electron chi connectivity index (χ3n) is 4.78. The highest BCUT2D eigenvalue weighted by molar-refractivity contribution is 5.81. The molecule has 0 atom stereocenters. The lowest BCUT2D eigenvalue weighted by Gasteiger charge is -2.19. The molecule has 112 valence electrons. The molecule has 2 heteroatoms. The zero-order chi connectivity index (χ0) is 14.9. The molecule has 0 unspecified atom stereocenters. The maximum atomic E-state index is 6.18. The third kappa shape index (κ3) is 2.29. The summed E-state index contributed by atoms with van der Waals surface area (Å²) in [6.07, 6.45) is 4.93. The van der Waals surface area contributed by atoms with Crippen molar-refractivity contribution >= 4 is 10.9 Å². The lowest BCUT2D eigenvalue weighted by atomic mass is 9.91. The Hall–Kier alpha value is -2.22. The molecule has 0 radical (unpaired) electrons. The van der Waals surface area contributed by atoms with Crippen LogP contribution in [0.25, 0.3) is 10.9 Å². The highest BCUT2D eigenvalue weighted by Crippen LogP contribution is 2.30. The minimum atomic E-state index is 0.627. The van der Waals surface area contributed by atoms with Crippen LogP contribution in [-0.2, 0) is 26.5 Å². The Morgan fingerprint density at radius 2 is 1.86 bits per heavy atom. The number of aromatic nitrogens is 1. The van der Waals surface area contributed by atoms with E-state index in [1.807, 2.05) is 0 Å². The molecule has 1 aromatic heterocycles. The van der Waals surface area contributed by atoms with Crippen LogP contribution in [0.1, 0.15) is 29.7 Å². The monoisotopic (exact) mass is 291 g/mol. The number of ether oxygens (including phenoxy) is 1. The zero-order valence-corrected chi connectivity index (χ0v) is 13.0. The van der Waals surface area contributed by atoms with Crippen LogP contribution in [0.4, 0.5) is 0 Å².